The summed E-state index contributed by atoms with van der Waals surface area (Å²) in [5.41, 5.74) is 0.624. The van der Waals surface area contributed by atoms with Gasteiger partial charge in [0.1, 0.15) is 11.6 Å². The van der Waals surface area contributed by atoms with Gasteiger partial charge in [-0.2, -0.15) is 0 Å². The Bertz CT molecular complexity index is 526. The van der Waals surface area contributed by atoms with Crippen LogP contribution in [-0.4, -0.2) is 30.1 Å². The molecule has 4 rings (SSSR count). The van der Waals surface area contributed by atoms with E-state index in [2.05, 4.69) is 10.2 Å². The third-order valence-electron chi connectivity index (χ3n) is 5.24. The van der Waals surface area contributed by atoms with Crippen molar-refractivity contribution in [1.82, 2.24) is 10.2 Å². The molecule has 114 valence electrons. The molecule has 1 saturated heterocycles. The van der Waals surface area contributed by atoms with E-state index >= 15 is 0 Å². The van der Waals surface area contributed by atoms with E-state index in [1.807, 2.05) is 0 Å². The Hall–Kier alpha value is -1.00. The fraction of sp³-hybridized carbons (Fsp3) is 0.647. The second-order valence-electron chi connectivity index (χ2n) is 6.92. The van der Waals surface area contributed by atoms with E-state index in [0.717, 1.165) is 31.0 Å². The molecule has 21 heavy (non-hydrogen) atoms. The summed E-state index contributed by atoms with van der Waals surface area (Å²) < 4.78 is 27.0. The lowest BCUT2D eigenvalue weighted by Crippen LogP contribution is -2.57. The van der Waals surface area contributed by atoms with Gasteiger partial charge in [0.2, 0.25) is 0 Å². The summed E-state index contributed by atoms with van der Waals surface area (Å²) in [5, 5.41) is 3.70. The summed E-state index contributed by atoms with van der Waals surface area (Å²) in [6, 6.07) is 5.05. The summed E-state index contributed by atoms with van der Waals surface area (Å²) in [5.74, 6) is 0.670. The molecule has 1 aromatic rings. The van der Waals surface area contributed by atoms with Crippen LogP contribution in [-0.2, 0) is 6.54 Å². The zero-order valence-electron chi connectivity index (χ0n) is 12.2. The summed E-state index contributed by atoms with van der Waals surface area (Å²) in [6.07, 6.45) is 5.24. The van der Waals surface area contributed by atoms with Crippen molar-refractivity contribution < 1.29 is 8.78 Å². The number of benzene rings is 1. The molecular weight excluding hydrogens is 270 g/mol. The van der Waals surface area contributed by atoms with Crippen LogP contribution in [0, 0.1) is 23.5 Å². The van der Waals surface area contributed by atoms with Gasteiger partial charge in [0, 0.05) is 43.3 Å². The maximum Gasteiger partial charge on any atom is 0.130 e. The van der Waals surface area contributed by atoms with Gasteiger partial charge in [-0.25, -0.2) is 8.78 Å². The topological polar surface area (TPSA) is 15.3 Å². The van der Waals surface area contributed by atoms with Crippen LogP contribution < -0.4 is 5.32 Å². The lowest BCUT2D eigenvalue weighted by molar-refractivity contribution is 0.0991. The minimum Gasteiger partial charge on any atom is -0.311 e. The van der Waals surface area contributed by atoms with Crippen LogP contribution in [0.3, 0.4) is 0 Å². The predicted molar refractivity (Wildman–Crippen MR) is 77.8 cm³/mol. The zero-order valence-corrected chi connectivity index (χ0v) is 12.2. The van der Waals surface area contributed by atoms with Gasteiger partial charge in [-0.15, -0.1) is 0 Å². The van der Waals surface area contributed by atoms with E-state index in [0.29, 0.717) is 24.2 Å². The van der Waals surface area contributed by atoms with Crippen molar-refractivity contribution in [3.05, 3.63) is 35.4 Å². The van der Waals surface area contributed by atoms with Crippen molar-refractivity contribution >= 4 is 0 Å². The second-order valence-corrected chi connectivity index (χ2v) is 6.92. The van der Waals surface area contributed by atoms with E-state index in [4.69, 9.17) is 0 Å². The quantitative estimate of drug-likeness (QED) is 0.918. The Kier molecular flexibility index (Phi) is 3.46. The summed E-state index contributed by atoms with van der Waals surface area (Å²) >= 11 is 0. The number of piperazine rings is 1. The Balaban J connectivity index is 1.50. The lowest BCUT2D eigenvalue weighted by Gasteiger charge is -2.41. The molecule has 2 atom stereocenters. The fourth-order valence-electron chi connectivity index (χ4n) is 3.66. The van der Waals surface area contributed by atoms with Gasteiger partial charge >= 0.3 is 0 Å². The smallest absolute Gasteiger partial charge is 0.130 e. The SMILES string of the molecule is Fc1ccc(CN2CC(C3CC3)NCC2C2CC2)c(F)c1. The number of hydrogen-bond donors (Lipinski definition) is 1. The number of hydrogen-bond acceptors (Lipinski definition) is 2. The van der Waals surface area contributed by atoms with Gasteiger partial charge in [0.05, 0.1) is 0 Å². The molecule has 0 aromatic heterocycles. The Labute approximate surface area is 124 Å². The van der Waals surface area contributed by atoms with Gasteiger partial charge < -0.3 is 5.32 Å². The van der Waals surface area contributed by atoms with Crippen LogP contribution in [0.15, 0.2) is 18.2 Å². The molecule has 1 heterocycles. The van der Waals surface area contributed by atoms with Crippen molar-refractivity contribution in [1.29, 1.82) is 0 Å². The van der Waals surface area contributed by atoms with Crippen LogP contribution in [0.5, 0.6) is 0 Å². The molecule has 3 aliphatic rings. The van der Waals surface area contributed by atoms with Gasteiger partial charge in [-0.3, -0.25) is 4.90 Å². The van der Waals surface area contributed by atoms with Gasteiger partial charge in [-0.05, 0) is 43.6 Å². The largest absolute Gasteiger partial charge is 0.311 e. The van der Waals surface area contributed by atoms with E-state index in [-0.39, 0.29) is 0 Å². The molecule has 2 nitrogen and oxygen atoms in total. The highest BCUT2D eigenvalue weighted by atomic mass is 19.1. The molecule has 2 saturated carbocycles. The van der Waals surface area contributed by atoms with Crippen LogP contribution in [0.4, 0.5) is 8.78 Å². The van der Waals surface area contributed by atoms with Crippen LogP contribution in [0.1, 0.15) is 31.2 Å². The average molecular weight is 292 g/mol. The Morgan fingerprint density at radius 2 is 1.86 bits per heavy atom. The fourth-order valence-corrected chi connectivity index (χ4v) is 3.66. The predicted octanol–water partition coefficient (Wildman–Crippen LogP) is 2.93. The first-order valence-electron chi connectivity index (χ1n) is 8.12. The highest BCUT2D eigenvalue weighted by molar-refractivity contribution is 5.19. The number of nitrogens with one attached hydrogen (secondary N) is 1. The molecule has 2 unspecified atom stereocenters. The molecule has 4 heteroatoms. The normalized spacial score (nSPS) is 30.6. The van der Waals surface area contributed by atoms with Gasteiger partial charge in [-0.1, -0.05) is 6.07 Å². The first-order chi connectivity index (χ1) is 10.2. The highest BCUT2D eigenvalue weighted by Gasteiger charge is 2.42. The van der Waals surface area contributed by atoms with Crippen LogP contribution >= 0.6 is 0 Å². The molecule has 1 aliphatic heterocycles. The van der Waals surface area contributed by atoms with E-state index < -0.39 is 11.6 Å². The number of nitrogens with zero attached hydrogens (tertiary/aromatic N) is 1. The molecule has 1 aromatic carbocycles. The average Bonchev–Trinajstić information content (AvgIpc) is 3.35. The Morgan fingerprint density at radius 1 is 1.10 bits per heavy atom. The zero-order chi connectivity index (χ0) is 14.4. The summed E-state index contributed by atoms with van der Waals surface area (Å²) in [6.45, 7) is 2.63. The molecule has 0 amide bonds. The van der Waals surface area contributed by atoms with Crippen molar-refractivity contribution in [2.75, 3.05) is 13.1 Å². The summed E-state index contributed by atoms with van der Waals surface area (Å²) in [4.78, 5) is 2.44. The second kappa shape index (κ2) is 5.33. The lowest BCUT2D eigenvalue weighted by atomic mass is 10.0. The standard InChI is InChI=1S/C17H22F2N2/c18-14-6-5-13(15(19)7-14)9-21-10-16(11-1-2-11)20-8-17(21)12-3-4-12/h5-7,11-12,16-17,20H,1-4,8-10H2. The minimum absolute atomic E-state index is 0.411. The van der Waals surface area contributed by atoms with Crippen LogP contribution in [0.2, 0.25) is 0 Å². The monoisotopic (exact) mass is 292 g/mol. The van der Waals surface area contributed by atoms with E-state index in [9.17, 15) is 8.78 Å². The number of halogens is 2. The third-order valence-corrected chi connectivity index (χ3v) is 5.24. The maximum absolute atomic E-state index is 13.9. The van der Waals surface area contributed by atoms with Crippen LogP contribution in [0.25, 0.3) is 0 Å². The molecule has 2 aliphatic carbocycles. The van der Waals surface area contributed by atoms with Gasteiger partial charge in [0.25, 0.3) is 0 Å². The minimum atomic E-state index is -0.494. The summed E-state index contributed by atoms with van der Waals surface area (Å²) in [7, 11) is 0. The molecular formula is C17H22F2N2. The molecule has 0 bridgehead atoms. The Morgan fingerprint density at radius 3 is 2.52 bits per heavy atom. The number of rotatable bonds is 4. The van der Waals surface area contributed by atoms with Crippen molar-refractivity contribution in [3.8, 4) is 0 Å². The van der Waals surface area contributed by atoms with Crippen molar-refractivity contribution in [2.45, 2.75) is 44.3 Å². The van der Waals surface area contributed by atoms with Crippen molar-refractivity contribution in [2.24, 2.45) is 11.8 Å². The van der Waals surface area contributed by atoms with Crippen molar-refractivity contribution in [3.63, 3.8) is 0 Å². The van der Waals surface area contributed by atoms with Gasteiger partial charge in [0.15, 0.2) is 0 Å². The van der Waals surface area contributed by atoms with E-state index in [1.54, 1.807) is 6.07 Å². The van der Waals surface area contributed by atoms with E-state index in [1.165, 1.54) is 31.7 Å². The first kappa shape index (κ1) is 13.6. The molecule has 1 N–H and O–H groups in total. The molecule has 3 fully saturated rings. The third kappa shape index (κ3) is 2.97. The molecule has 0 radical (unpaired) electrons. The molecule has 0 spiro atoms. The highest BCUT2D eigenvalue weighted by Crippen LogP contribution is 2.40. The first-order valence-corrected chi connectivity index (χ1v) is 8.12. The maximum atomic E-state index is 13.9.